The third-order valence-electron chi connectivity index (χ3n) is 2.75. The lowest BCUT2D eigenvalue weighted by atomic mass is 9.98. The molecule has 1 aliphatic heterocycles. The van der Waals surface area contributed by atoms with Crippen LogP contribution in [0.15, 0.2) is 0 Å². The van der Waals surface area contributed by atoms with Crippen LogP contribution in [0.1, 0.15) is 12.8 Å². The molecule has 1 rings (SSSR count). The van der Waals surface area contributed by atoms with Crippen LogP contribution in [0.5, 0.6) is 0 Å². The maximum atomic E-state index is 12.2. The number of rotatable bonds is 3. The highest BCUT2D eigenvalue weighted by molar-refractivity contribution is 7.90. The van der Waals surface area contributed by atoms with Gasteiger partial charge in [0.1, 0.15) is 0 Å². The molecule has 10 heteroatoms. The minimum absolute atomic E-state index is 0.120. The molecule has 0 aromatic heterocycles. The van der Waals surface area contributed by atoms with Crippen molar-refractivity contribution in [3.8, 4) is 0 Å². The van der Waals surface area contributed by atoms with E-state index >= 15 is 0 Å². The van der Waals surface area contributed by atoms with Crippen LogP contribution >= 0.6 is 0 Å². The largest absolute Gasteiger partial charge is 0.511 e. The van der Waals surface area contributed by atoms with Gasteiger partial charge in [-0.05, 0) is 18.8 Å². The van der Waals surface area contributed by atoms with Gasteiger partial charge in [-0.15, -0.1) is 0 Å². The van der Waals surface area contributed by atoms with Crippen molar-refractivity contribution in [3.05, 3.63) is 0 Å². The molecule has 0 aromatic carbocycles. The molecule has 18 heavy (non-hydrogen) atoms. The molecule has 1 saturated heterocycles. The number of carbonyl (C=O) groups is 1. The summed E-state index contributed by atoms with van der Waals surface area (Å²) >= 11 is 0. The number of amides is 1. The second-order valence-corrected chi connectivity index (χ2v) is 5.91. The Hall–Kier alpha value is -1.03. The van der Waals surface area contributed by atoms with Crippen LogP contribution in [0, 0.1) is 5.92 Å². The summed E-state index contributed by atoms with van der Waals surface area (Å²) in [6.07, 6.45) is -0.800. The SMILES string of the molecule is O=C(O)NCC1CCN(S(=O)(=O)C(F)(F)F)CC1. The summed E-state index contributed by atoms with van der Waals surface area (Å²) in [5.74, 6) is -0.138. The topological polar surface area (TPSA) is 86.7 Å². The van der Waals surface area contributed by atoms with Crippen LogP contribution in [-0.4, -0.2) is 49.1 Å². The Labute approximate surface area is 102 Å². The first-order valence-corrected chi connectivity index (χ1v) is 6.62. The summed E-state index contributed by atoms with van der Waals surface area (Å²) in [5, 5.41) is 10.5. The van der Waals surface area contributed by atoms with Gasteiger partial charge in [0.25, 0.3) is 0 Å². The van der Waals surface area contributed by atoms with E-state index in [9.17, 15) is 26.4 Å². The van der Waals surface area contributed by atoms with Crippen molar-refractivity contribution >= 4 is 16.1 Å². The van der Waals surface area contributed by atoms with Crippen molar-refractivity contribution in [1.29, 1.82) is 0 Å². The fourth-order valence-electron chi connectivity index (χ4n) is 1.73. The van der Waals surface area contributed by atoms with Crippen molar-refractivity contribution in [2.45, 2.75) is 18.3 Å². The van der Waals surface area contributed by atoms with Crippen LogP contribution in [0.2, 0.25) is 0 Å². The van der Waals surface area contributed by atoms with Gasteiger partial charge in [0, 0.05) is 19.6 Å². The van der Waals surface area contributed by atoms with Crippen molar-refractivity contribution in [2.24, 2.45) is 5.92 Å². The number of alkyl halides is 3. The predicted molar refractivity (Wildman–Crippen MR) is 55.3 cm³/mol. The van der Waals surface area contributed by atoms with Crippen LogP contribution in [0.3, 0.4) is 0 Å². The average Bonchev–Trinajstić information content (AvgIpc) is 2.25. The molecule has 0 radical (unpaired) electrons. The van der Waals surface area contributed by atoms with Gasteiger partial charge >= 0.3 is 21.6 Å². The minimum atomic E-state index is -5.28. The Morgan fingerprint density at radius 3 is 2.22 bits per heavy atom. The summed E-state index contributed by atoms with van der Waals surface area (Å²) in [6, 6.07) is 0. The smallest absolute Gasteiger partial charge is 0.465 e. The first-order valence-electron chi connectivity index (χ1n) is 5.18. The van der Waals surface area contributed by atoms with Gasteiger partial charge in [0.2, 0.25) is 0 Å². The molecule has 0 bridgehead atoms. The summed E-state index contributed by atoms with van der Waals surface area (Å²) in [7, 11) is -5.26. The summed E-state index contributed by atoms with van der Waals surface area (Å²) in [5.41, 5.74) is -5.28. The Morgan fingerprint density at radius 1 is 1.33 bits per heavy atom. The lowest BCUT2D eigenvalue weighted by Crippen LogP contribution is -2.46. The predicted octanol–water partition coefficient (Wildman–Crippen LogP) is 0.816. The molecule has 0 atom stereocenters. The van der Waals surface area contributed by atoms with Crippen LogP contribution < -0.4 is 5.32 Å². The number of hydrogen-bond donors (Lipinski definition) is 2. The van der Waals surface area contributed by atoms with Gasteiger partial charge in [0.15, 0.2) is 0 Å². The number of nitrogens with zero attached hydrogens (tertiary/aromatic N) is 1. The number of hydrogen-bond acceptors (Lipinski definition) is 3. The van der Waals surface area contributed by atoms with E-state index in [2.05, 4.69) is 5.32 Å². The minimum Gasteiger partial charge on any atom is -0.465 e. The zero-order valence-corrected chi connectivity index (χ0v) is 10.1. The molecule has 1 fully saturated rings. The van der Waals surface area contributed by atoms with Gasteiger partial charge in [-0.25, -0.2) is 13.2 Å². The molecule has 0 saturated carbocycles. The van der Waals surface area contributed by atoms with Crippen molar-refractivity contribution < 1.29 is 31.5 Å². The third-order valence-corrected chi connectivity index (χ3v) is 4.38. The van der Waals surface area contributed by atoms with E-state index < -0.39 is 21.6 Å². The van der Waals surface area contributed by atoms with Gasteiger partial charge in [0.05, 0.1) is 0 Å². The number of nitrogens with one attached hydrogen (secondary N) is 1. The Balaban J connectivity index is 2.52. The fraction of sp³-hybridized carbons (Fsp3) is 0.875. The summed E-state index contributed by atoms with van der Waals surface area (Å²) in [6.45, 7) is -0.364. The Morgan fingerprint density at radius 2 is 1.83 bits per heavy atom. The lowest BCUT2D eigenvalue weighted by Gasteiger charge is -2.31. The molecule has 0 aliphatic carbocycles. The van der Waals surface area contributed by atoms with E-state index in [0.29, 0.717) is 4.31 Å². The van der Waals surface area contributed by atoms with Crippen LogP contribution in [0.25, 0.3) is 0 Å². The first kappa shape index (κ1) is 15.0. The number of piperidine rings is 1. The molecule has 106 valence electrons. The molecule has 1 heterocycles. The molecule has 2 N–H and O–H groups in total. The molecule has 0 unspecified atom stereocenters. The van der Waals surface area contributed by atoms with Gasteiger partial charge < -0.3 is 10.4 Å². The third kappa shape index (κ3) is 3.48. The van der Waals surface area contributed by atoms with Crippen LogP contribution in [-0.2, 0) is 10.0 Å². The molecule has 6 nitrogen and oxygen atoms in total. The van der Waals surface area contributed by atoms with E-state index in [-0.39, 0.29) is 38.4 Å². The lowest BCUT2D eigenvalue weighted by molar-refractivity contribution is -0.0496. The number of carboxylic acid groups (broad SMARTS) is 1. The summed E-state index contributed by atoms with van der Waals surface area (Å²) < 4.78 is 59.3. The normalized spacial score (nSPS) is 19.7. The highest BCUT2D eigenvalue weighted by Crippen LogP contribution is 2.30. The van der Waals surface area contributed by atoms with Gasteiger partial charge in [-0.1, -0.05) is 0 Å². The van der Waals surface area contributed by atoms with E-state index in [1.54, 1.807) is 0 Å². The maximum absolute atomic E-state index is 12.2. The Kier molecular flexibility index (Phi) is 4.43. The molecule has 1 amide bonds. The van der Waals surface area contributed by atoms with Crippen molar-refractivity contribution in [3.63, 3.8) is 0 Å². The van der Waals surface area contributed by atoms with Crippen molar-refractivity contribution in [2.75, 3.05) is 19.6 Å². The molecule has 0 spiro atoms. The Bertz CT molecular complexity index is 401. The average molecular weight is 290 g/mol. The number of halogens is 3. The first-order chi connectivity index (χ1) is 8.14. The fourth-order valence-corrected chi connectivity index (χ4v) is 2.72. The van der Waals surface area contributed by atoms with E-state index in [0.717, 1.165) is 0 Å². The van der Waals surface area contributed by atoms with E-state index in [4.69, 9.17) is 5.11 Å². The molecular weight excluding hydrogens is 277 g/mol. The molecule has 1 aliphatic rings. The monoisotopic (exact) mass is 290 g/mol. The van der Waals surface area contributed by atoms with E-state index in [1.807, 2.05) is 0 Å². The zero-order chi connectivity index (χ0) is 14.0. The molecular formula is C8H13F3N2O4S. The second-order valence-electron chi connectivity index (χ2n) is 3.98. The maximum Gasteiger partial charge on any atom is 0.511 e. The van der Waals surface area contributed by atoms with Gasteiger partial charge in [-0.2, -0.15) is 17.5 Å². The second kappa shape index (κ2) is 5.31. The van der Waals surface area contributed by atoms with Crippen LogP contribution in [0.4, 0.5) is 18.0 Å². The summed E-state index contributed by atoms with van der Waals surface area (Å²) in [4.78, 5) is 10.2. The van der Waals surface area contributed by atoms with Crippen molar-refractivity contribution in [1.82, 2.24) is 9.62 Å². The van der Waals surface area contributed by atoms with Gasteiger partial charge in [-0.3, -0.25) is 0 Å². The highest BCUT2D eigenvalue weighted by atomic mass is 32.2. The standard InChI is InChI=1S/C8H13F3N2O4S/c9-8(10,11)18(16,17)13-3-1-6(2-4-13)5-12-7(14)15/h6,12H,1-5H2,(H,14,15). The quantitative estimate of drug-likeness (QED) is 0.805. The van der Waals surface area contributed by atoms with E-state index in [1.165, 1.54) is 0 Å². The highest BCUT2D eigenvalue weighted by Gasteiger charge is 2.50. The zero-order valence-electron chi connectivity index (χ0n) is 9.27. The number of sulfonamides is 1. The molecule has 0 aromatic rings.